The number of amides is 1. The highest BCUT2D eigenvalue weighted by atomic mass is 16.5. The van der Waals surface area contributed by atoms with Gasteiger partial charge in [-0.15, -0.1) is 0 Å². The fourth-order valence-corrected chi connectivity index (χ4v) is 2.63. The van der Waals surface area contributed by atoms with Gasteiger partial charge in [0.05, 0.1) is 24.3 Å². The summed E-state index contributed by atoms with van der Waals surface area (Å²) in [5.74, 6) is 0.618. The third-order valence-corrected chi connectivity index (χ3v) is 3.79. The molecule has 0 aromatic carbocycles. The Morgan fingerprint density at radius 2 is 2.11 bits per heavy atom. The SMILES string of the molecule is Cc1noc(C)c1CC(=O)NC1(CO)CCCC1. The summed E-state index contributed by atoms with van der Waals surface area (Å²) in [6, 6.07) is 0. The van der Waals surface area contributed by atoms with Gasteiger partial charge in [-0.2, -0.15) is 0 Å². The van der Waals surface area contributed by atoms with E-state index in [1.807, 2.05) is 6.92 Å². The van der Waals surface area contributed by atoms with Gasteiger partial charge in [-0.25, -0.2) is 0 Å². The molecule has 100 valence electrons. The lowest BCUT2D eigenvalue weighted by molar-refractivity contribution is -0.122. The molecule has 1 aliphatic carbocycles. The molecule has 1 heterocycles. The molecular weight excluding hydrogens is 232 g/mol. The number of aliphatic hydroxyl groups excluding tert-OH is 1. The maximum atomic E-state index is 12.0. The predicted octanol–water partition coefficient (Wildman–Crippen LogP) is 1.26. The van der Waals surface area contributed by atoms with Crippen molar-refractivity contribution in [1.82, 2.24) is 10.5 Å². The van der Waals surface area contributed by atoms with E-state index < -0.39 is 5.54 Å². The van der Waals surface area contributed by atoms with Gasteiger partial charge in [0.15, 0.2) is 0 Å². The summed E-state index contributed by atoms with van der Waals surface area (Å²) in [5, 5.41) is 16.3. The summed E-state index contributed by atoms with van der Waals surface area (Å²) in [7, 11) is 0. The highest BCUT2D eigenvalue weighted by molar-refractivity contribution is 5.79. The number of aromatic nitrogens is 1. The number of nitrogens with zero attached hydrogens (tertiary/aromatic N) is 1. The molecule has 2 N–H and O–H groups in total. The molecule has 1 aliphatic rings. The molecule has 2 rings (SSSR count). The summed E-state index contributed by atoms with van der Waals surface area (Å²) in [6.07, 6.45) is 4.11. The van der Waals surface area contributed by atoms with Gasteiger partial charge in [0.1, 0.15) is 5.76 Å². The van der Waals surface area contributed by atoms with Crippen LogP contribution in [0.1, 0.15) is 42.7 Å². The van der Waals surface area contributed by atoms with Gasteiger partial charge >= 0.3 is 0 Å². The number of carbonyl (C=O) groups is 1. The Labute approximate surface area is 107 Å². The maximum absolute atomic E-state index is 12.0. The molecule has 0 unspecified atom stereocenters. The summed E-state index contributed by atoms with van der Waals surface area (Å²) in [4.78, 5) is 12.0. The fraction of sp³-hybridized carbons (Fsp3) is 0.692. The van der Waals surface area contributed by atoms with E-state index in [-0.39, 0.29) is 18.9 Å². The Balaban J connectivity index is 2.00. The number of aryl methyl sites for hydroxylation is 2. The molecule has 1 saturated carbocycles. The number of hydrogen-bond acceptors (Lipinski definition) is 4. The average molecular weight is 252 g/mol. The number of aliphatic hydroxyl groups is 1. The van der Waals surface area contributed by atoms with E-state index in [1.54, 1.807) is 6.92 Å². The topological polar surface area (TPSA) is 75.4 Å². The fourth-order valence-electron chi connectivity index (χ4n) is 2.63. The van der Waals surface area contributed by atoms with Crippen LogP contribution in [0.2, 0.25) is 0 Å². The monoisotopic (exact) mass is 252 g/mol. The zero-order valence-corrected chi connectivity index (χ0v) is 11.0. The van der Waals surface area contributed by atoms with Crippen molar-refractivity contribution in [3.05, 3.63) is 17.0 Å². The molecule has 1 aromatic rings. The van der Waals surface area contributed by atoms with Gasteiger partial charge in [0.25, 0.3) is 0 Å². The molecule has 0 atom stereocenters. The highest BCUT2D eigenvalue weighted by Crippen LogP contribution is 2.29. The van der Waals surface area contributed by atoms with Gasteiger partial charge < -0.3 is 14.9 Å². The van der Waals surface area contributed by atoms with Crippen molar-refractivity contribution in [2.45, 2.75) is 51.5 Å². The lowest BCUT2D eigenvalue weighted by Gasteiger charge is -2.27. The van der Waals surface area contributed by atoms with E-state index in [2.05, 4.69) is 10.5 Å². The number of carbonyl (C=O) groups excluding carboxylic acids is 1. The summed E-state index contributed by atoms with van der Waals surface area (Å²) < 4.78 is 5.04. The van der Waals surface area contributed by atoms with Crippen molar-refractivity contribution in [1.29, 1.82) is 0 Å². The van der Waals surface area contributed by atoms with Crippen molar-refractivity contribution in [2.75, 3.05) is 6.61 Å². The van der Waals surface area contributed by atoms with Crippen LogP contribution in [0.4, 0.5) is 0 Å². The smallest absolute Gasteiger partial charge is 0.225 e. The van der Waals surface area contributed by atoms with Crippen molar-refractivity contribution in [2.24, 2.45) is 0 Å². The van der Waals surface area contributed by atoms with Gasteiger partial charge in [0, 0.05) is 5.56 Å². The van der Waals surface area contributed by atoms with Gasteiger partial charge in [0.2, 0.25) is 5.91 Å². The molecule has 0 spiro atoms. The summed E-state index contributed by atoms with van der Waals surface area (Å²) >= 11 is 0. The summed E-state index contributed by atoms with van der Waals surface area (Å²) in [6.45, 7) is 3.65. The van der Waals surface area contributed by atoms with Crippen LogP contribution in [-0.2, 0) is 11.2 Å². The Hall–Kier alpha value is -1.36. The first kappa shape index (κ1) is 13.1. The average Bonchev–Trinajstić information content (AvgIpc) is 2.92. The zero-order valence-electron chi connectivity index (χ0n) is 11.0. The van der Waals surface area contributed by atoms with E-state index in [4.69, 9.17) is 4.52 Å². The second-order valence-electron chi connectivity index (χ2n) is 5.17. The molecule has 18 heavy (non-hydrogen) atoms. The van der Waals surface area contributed by atoms with Crippen molar-refractivity contribution in [3.63, 3.8) is 0 Å². The van der Waals surface area contributed by atoms with Crippen LogP contribution in [0.3, 0.4) is 0 Å². The number of nitrogens with one attached hydrogen (secondary N) is 1. The quantitative estimate of drug-likeness (QED) is 0.845. The molecule has 0 aliphatic heterocycles. The molecule has 1 amide bonds. The maximum Gasteiger partial charge on any atom is 0.225 e. The molecule has 0 bridgehead atoms. The third-order valence-electron chi connectivity index (χ3n) is 3.79. The molecule has 5 heteroatoms. The zero-order chi connectivity index (χ0) is 13.2. The Bertz CT molecular complexity index is 414. The van der Waals surface area contributed by atoms with E-state index in [9.17, 15) is 9.90 Å². The van der Waals surface area contributed by atoms with Crippen LogP contribution >= 0.6 is 0 Å². The van der Waals surface area contributed by atoms with Crippen molar-refractivity contribution >= 4 is 5.91 Å². The van der Waals surface area contributed by atoms with E-state index >= 15 is 0 Å². The normalized spacial score (nSPS) is 17.9. The Kier molecular flexibility index (Phi) is 3.71. The molecule has 1 fully saturated rings. The molecule has 5 nitrogen and oxygen atoms in total. The molecule has 0 radical (unpaired) electrons. The first-order valence-electron chi connectivity index (χ1n) is 6.40. The second-order valence-corrected chi connectivity index (χ2v) is 5.17. The number of hydrogen-bond donors (Lipinski definition) is 2. The van der Waals surface area contributed by atoms with E-state index in [0.717, 1.165) is 36.9 Å². The molecular formula is C13H20N2O3. The Morgan fingerprint density at radius 1 is 1.44 bits per heavy atom. The summed E-state index contributed by atoms with van der Waals surface area (Å²) in [5.41, 5.74) is 1.20. The first-order chi connectivity index (χ1) is 8.56. The lowest BCUT2D eigenvalue weighted by atomic mass is 9.98. The third kappa shape index (κ3) is 2.56. The molecule has 0 saturated heterocycles. The lowest BCUT2D eigenvalue weighted by Crippen LogP contribution is -2.49. The Morgan fingerprint density at radius 3 is 2.61 bits per heavy atom. The van der Waals surface area contributed by atoms with Crippen LogP contribution < -0.4 is 5.32 Å². The standard InChI is InChI=1S/C13H20N2O3/c1-9-11(10(2)18-15-9)7-12(17)14-13(8-16)5-3-4-6-13/h16H,3-8H2,1-2H3,(H,14,17). The molecule has 1 aromatic heterocycles. The minimum absolute atomic E-state index is 0.0142. The highest BCUT2D eigenvalue weighted by Gasteiger charge is 2.34. The second kappa shape index (κ2) is 5.10. The van der Waals surface area contributed by atoms with Crippen LogP contribution in [0, 0.1) is 13.8 Å². The van der Waals surface area contributed by atoms with Crippen molar-refractivity contribution in [3.8, 4) is 0 Å². The van der Waals surface area contributed by atoms with E-state index in [0.29, 0.717) is 5.76 Å². The van der Waals surface area contributed by atoms with Gasteiger partial charge in [-0.1, -0.05) is 18.0 Å². The number of rotatable bonds is 4. The van der Waals surface area contributed by atoms with Crippen molar-refractivity contribution < 1.29 is 14.4 Å². The van der Waals surface area contributed by atoms with Crippen LogP contribution in [0.15, 0.2) is 4.52 Å². The predicted molar refractivity (Wildman–Crippen MR) is 66.1 cm³/mol. The minimum atomic E-state index is -0.407. The van der Waals surface area contributed by atoms with Crippen LogP contribution in [0.25, 0.3) is 0 Å². The van der Waals surface area contributed by atoms with E-state index in [1.165, 1.54) is 0 Å². The van der Waals surface area contributed by atoms with Crippen LogP contribution in [-0.4, -0.2) is 28.3 Å². The van der Waals surface area contributed by atoms with Gasteiger partial charge in [-0.05, 0) is 26.7 Å². The first-order valence-corrected chi connectivity index (χ1v) is 6.40. The largest absolute Gasteiger partial charge is 0.394 e. The van der Waals surface area contributed by atoms with Gasteiger partial charge in [-0.3, -0.25) is 4.79 Å². The minimum Gasteiger partial charge on any atom is -0.394 e. The van der Waals surface area contributed by atoms with Crippen LogP contribution in [0.5, 0.6) is 0 Å².